The lowest BCUT2D eigenvalue weighted by molar-refractivity contribution is 0.964. The molecule has 100 valence electrons. The zero-order chi connectivity index (χ0) is 13.7. The number of aromatic nitrogens is 2. The Bertz CT molecular complexity index is 527. The first kappa shape index (κ1) is 13.1. The van der Waals surface area contributed by atoms with E-state index in [0.717, 1.165) is 30.3 Å². The molecule has 0 fully saturated rings. The molecule has 0 saturated heterocycles. The predicted octanol–water partition coefficient (Wildman–Crippen LogP) is 2.65. The van der Waals surface area contributed by atoms with Crippen LogP contribution in [0.15, 0.2) is 36.4 Å². The lowest BCUT2D eigenvalue weighted by Crippen LogP contribution is -2.14. The first-order valence-corrected chi connectivity index (χ1v) is 6.38. The molecule has 5 heteroatoms. The van der Waals surface area contributed by atoms with Crippen molar-refractivity contribution >= 4 is 23.3 Å². The highest BCUT2D eigenvalue weighted by Gasteiger charge is 2.08. The number of benzene rings is 1. The molecule has 0 unspecified atom stereocenters. The molecule has 1 aromatic heterocycles. The van der Waals surface area contributed by atoms with Crippen LogP contribution in [0.2, 0.25) is 0 Å². The van der Waals surface area contributed by atoms with E-state index in [4.69, 9.17) is 5.73 Å². The Morgan fingerprint density at radius 1 is 1.21 bits per heavy atom. The summed E-state index contributed by atoms with van der Waals surface area (Å²) in [4.78, 5) is 10.4. The van der Waals surface area contributed by atoms with Gasteiger partial charge in [-0.1, -0.05) is 25.1 Å². The summed E-state index contributed by atoms with van der Waals surface area (Å²) in [5.74, 6) is 1.81. The van der Waals surface area contributed by atoms with Crippen LogP contribution in [-0.4, -0.2) is 23.6 Å². The quantitative estimate of drug-likeness (QED) is 0.862. The normalized spacial score (nSPS) is 10.2. The van der Waals surface area contributed by atoms with Gasteiger partial charge in [-0.2, -0.15) is 9.97 Å². The lowest BCUT2D eigenvalue weighted by atomic mass is 10.3. The molecule has 2 rings (SSSR count). The van der Waals surface area contributed by atoms with Gasteiger partial charge < -0.3 is 16.0 Å². The van der Waals surface area contributed by atoms with Gasteiger partial charge in [-0.05, 0) is 18.6 Å². The Balaban J connectivity index is 2.26. The van der Waals surface area contributed by atoms with Crippen LogP contribution in [0.5, 0.6) is 0 Å². The summed E-state index contributed by atoms with van der Waals surface area (Å²) in [5.41, 5.74) is 6.82. The maximum atomic E-state index is 5.76. The summed E-state index contributed by atoms with van der Waals surface area (Å²) in [7, 11) is 1.96. The largest absolute Gasteiger partial charge is 0.370 e. The number of hydrogen-bond acceptors (Lipinski definition) is 5. The first-order chi connectivity index (χ1) is 9.20. The van der Waals surface area contributed by atoms with E-state index in [2.05, 4.69) is 22.2 Å². The molecule has 3 N–H and O–H groups in total. The topological polar surface area (TPSA) is 67.1 Å². The maximum Gasteiger partial charge on any atom is 0.223 e. The number of anilines is 4. The second kappa shape index (κ2) is 6.04. The van der Waals surface area contributed by atoms with Crippen LogP contribution in [-0.2, 0) is 0 Å². The number of para-hydroxylation sites is 1. The summed E-state index contributed by atoms with van der Waals surface area (Å²) in [6.07, 6.45) is 1.04. The fourth-order valence-electron chi connectivity index (χ4n) is 1.75. The first-order valence-electron chi connectivity index (χ1n) is 6.38. The Morgan fingerprint density at radius 3 is 2.63 bits per heavy atom. The average molecular weight is 257 g/mol. The van der Waals surface area contributed by atoms with Gasteiger partial charge in [-0.3, -0.25) is 0 Å². The van der Waals surface area contributed by atoms with Gasteiger partial charge in [-0.15, -0.1) is 0 Å². The molecular weight excluding hydrogens is 238 g/mol. The van der Waals surface area contributed by atoms with Crippen LogP contribution in [0, 0.1) is 0 Å². The minimum absolute atomic E-state index is 0.277. The molecule has 19 heavy (non-hydrogen) atoms. The number of nitrogens with one attached hydrogen (secondary N) is 1. The number of nitrogens with two attached hydrogens (primary N) is 1. The van der Waals surface area contributed by atoms with Gasteiger partial charge in [0.15, 0.2) is 0 Å². The smallest absolute Gasteiger partial charge is 0.223 e. The number of nitrogens with zero attached hydrogens (tertiary/aromatic N) is 3. The number of hydrogen-bond donors (Lipinski definition) is 2. The van der Waals surface area contributed by atoms with Crippen molar-refractivity contribution in [1.82, 2.24) is 9.97 Å². The van der Waals surface area contributed by atoms with Crippen LogP contribution < -0.4 is 16.0 Å². The zero-order valence-electron chi connectivity index (χ0n) is 11.3. The summed E-state index contributed by atoms with van der Waals surface area (Å²) >= 11 is 0. The summed E-state index contributed by atoms with van der Waals surface area (Å²) in [5, 5.41) is 3.22. The highest BCUT2D eigenvalue weighted by Crippen LogP contribution is 2.23. The van der Waals surface area contributed by atoms with Crippen molar-refractivity contribution in [1.29, 1.82) is 0 Å². The third-order valence-electron chi connectivity index (χ3n) is 2.77. The van der Waals surface area contributed by atoms with Crippen molar-refractivity contribution in [2.45, 2.75) is 13.3 Å². The summed E-state index contributed by atoms with van der Waals surface area (Å²) in [6.45, 7) is 2.97. The third kappa shape index (κ3) is 3.34. The fraction of sp³-hybridized carbons (Fsp3) is 0.286. The monoisotopic (exact) mass is 257 g/mol. The van der Waals surface area contributed by atoms with Crippen LogP contribution in [0.3, 0.4) is 0 Å². The second-order valence-electron chi connectivity index (χ2n) is 4.29. The zero-order valence-corrected chi connectivity index (χ0v) is 11.3. The highest BCUT2D eigenvalue weighted by molar-refractivity contribution is 5.62. The third-order valence-corrected chi connectivity index (χ3v) is 2.77. The SMILES string of the molecule is CCCNc1cc(N(C)c2ccccc2)nc(N)n1. The average Bonchev–Trinajstić information content (AvgIpc) is 2.44. The maximum absolute atomic E-state index is 5.76. The minimum Gasteiger partial charge on any atom is -0.370 e. The standard InChI is InChI=1S/C14H19N5/c1-3-9-16-12-10-13(18-14(15)17-12)19(2)11-7-5-4-6-8-11/h4-8,10H,3,9H2,1-2H3,(H3,15,16,17,18). The summed E-state index contributed by atoms with van der Waals surface area (Å²) < 4.78 is 0. The van der Waals surface area contributed by atoms with Gasteiger partial charge in [0.25, 0.3) is 0 Å². The van der Waals surface area contributed by atoms with Crippen molar-refractivity contribution in [2.24, 2.45) is 0 Å². The van der Waals surface area contributed by atoms with Crippen molar-refractivity contribution in [3.63, 3.8) is 0 Å². The second-order valence-corrected chi connectivity index (χ2v) is 4.29. The Kier molecular flexibility index (Phi) is 4.18. The fourth-order valence-corrected chi connectivity index (χ4v) is 1.75. The van der Waals surface area contributed by atoms with Gasteiger partial charge in [0, 0.05) is 25.3 Å². The summed E-state index contributed by atoms with van der Waals surface area (Å²) in [6, 6.07) is 11.9. The van der Waals surface area contributed by atoms with E-state index in [1.165, 1.54) is 0 Å². The molecule has 0 radical (unpaired) electrons. The van der Waals surface area contributed by atoms with E-state index in [9.17, 15) is 0 Å². The Labute approximate surface area is 113 Å². The van der Waals surface area contributed by atoms with Gasteiger partial charge in [0.2, 0.25) is 5.95 Å². The van der Waals surface area contributed by atoms with Crippen molar-refractivity contribution < 1.29 is 0 Å². The van der Waals surface area contributed by atoms with Crippen molar-refractivity contribution in [2.75, 3.05) is 29.5 Å². The van der Waals surface area contributed by atoms with Crippen molar-refractivity contribution in [3.05, 3.63) is 36.4 Å². The van der Waals surface area contributed by atoms with Gasteiger partial charge in [0.1, 0.15) is 11.6 Å². The van der Waals surface area contributed by atoms with Crippen LogP contribution >= 0.6 is 0 Å². The molecular formula is C14H19N5. The molecule has 0 saturated carbocycles. The van der Waals surface area contributed by atoms with E-state index in [1.54, 1.807) is 0 Å². The van der Waals surface area contributed by atoms with Crippen LogP contribution in [0.25, 0.3) is 0 Å². The van der Waals surface area contributed by atoms with Crippen molar-refractivity contribution in [3.8, 4) is 0 Å². The van der Waals surface area contributed by atoms with Gasteiger partial charge >= 0.3 is 0 Å². The molecule has 2 aromatic rings. The molecule has 0 bridgehead atoms. The minimum atomic E-state index is 0.277. The van der Waals surface area contributed by atoms with E-state index in [-0.39, 0.29) is 5.95 Å². The van der Waals surface area contributed by atoms with Crippen LogP contribution in [0.1, 0.15) is 13.3 Å². The Morgan fingerprint density at radius 2 is 1.95 bits per heavy atom. The highest BCUT2D eigenvalue weighted by atomic mass is 15.2. The van der Waals surface area contributed by atoms with Gasteiger partial charge in [0.05, 0.1) is 0 Å². The molecule has 5 nitrogen and oxygen atoms in total. The molecule has 0 atom stereocenters. The number of rotatable bonds is 5. The molecule has 1 aromatic carbocycles. The predicted molar refractivity (Wildman–Crippen MR) is 79.7 cm³/mol. The van der Waals surface area contributed by atoms with Gasteiger partial charge in [-0.25, -0.2) is 0 Å². The molecule has 0 amide bonds. The lowest BCUT2D eigenvalue weighted by Gasteiger charge is -2.19. The van der Waals surface area contributed by atoms with Crippen LogP contribution in [0.4, 0.5) is 23.3 Å². The molecule has 0 aliphatic heterocycles. The Hall–Kier alpha value is -2.30. The molecule has 0 aliphatic rings. The van der Waals surface area contributed by atoms with E-state index >= 15 is 0 Å². The van der Waals surface area contributed by atoms with E-state index < -0.39 is 0 Å². The van der Waals surface area contributed by atoms with E-state index in [1.807, 2.05) is 48.3 Å². The molecule has 1 heterocycles. The molecule has 0 aliphatic carbocycles. The number of nitrogen functional groups attached to an aromatic ring is 1. The van der Waals surface area contributed by atoms with E-state index in [0.29, 0.717) is 0 Å². The molecule has 0 spiro atoms.